The lowest BCUT2D eigenvalue weighted by Gasteiger charge is -2.21. The molecule has 4 heteroatoms. The predicted octanol–water partition coefficient (Wildman–Crippen LogP) is 2.64. The summed E-state index contributed by atoms with van der Waals surface area (Å²) < 4.78 is 5.19. The number of ether oxygens (including phenoxy) is 1. The number of aromatic nitrogens is 2. The van der Waals surface area contributed by atoms with Gasteiger partial charge in [0.25, 0.3) is 0 Å². The molecule has 2 rings (SSSR count). The van der Waals surface area contributed by atoms with Gasteiger partial charge in [0.05, 0.1) is 12.7 Å². The Bertz CT molecular complexity index is 400. The van der Waals surface area contributed by atoms with Gasteiger partial charge in [-0.3, -0.25) is 0 Å². The summed E-state index contributed by atoms with van der Waals surface area (Å²) in [5.74, 6) is 2.26. The summed E-state index contributed by atoms with van der Waals surface area (Å²) in [5, 5.41) is 3.44. The Morgan fingerprint density at radius 2 is 2.12 bits per heavy atom. The molecule has 0 unspecified atom stereocenters. The van der Waals surface area contributed by atoms with Gasteiger partial charge in [-0.25, -0.2) is 9.97 Å². The second kappa shape index (κ2) is 4.51. The highest BCUT2D eigenvalue weighted by Gasteiger charge is 2.45. The molecule has 1 aliphatic rings. The van der Waals surface area contributed by atoms with E-state index in [-0.39, 0.29) is 0 Å². The molecule has 1 heterocycles. The van der Waals surface area contributed by atoms with Gasteiger partial charge in [-0.1, -0.05) is 13.8 Å². The Labute approximate surface area is 103 Å². The van der Waals surface area contributed by atoms with Crippen molar-refractivity contribution in [3.8, 4) is 5.88 Å². The van der Waals surface area contributed by atoms with Crippen molar-refractivity contribution in [2.45, 2.75) is 33.6 Å². The fraction of sp³-hybridized carbons (Fsp3) is 0.692. The number of nitrogens with zero attached hydrogens (tertiary/aromatic N) is 2. The average molecular weight is 235 g/mol. The second-order valence-electron chi connectivity index (χ2n) is 5.23. The fourth-order valence-corrected chi connectivity index (χ4v) is 2.20. The number of hydrogen-bond donors (Lipinski definition) is 1. The number of methoxy groups -OCH3 is 1. The molecule has 94 valence electrons. The quantitative estimate of drug-likeness (QED) is 0.852. The molecule has 0 amide bonds. The molecule has 1 aromatic rings. The van der Waals surface area contributed by atoms with Gasteiger partial charge in [0.15, 0.2) is 0 Å². The van der Waals surface area contributed by atoms with Gasteiger partial charge < -0.3 is 10.1 Å². The minimum absolute atomic E-state index is 0.477. The van der Waals surface area contributed by atoms with Gasteiger partial charge in [0.2, 0.25) is 5.88 Å². The molecule has 1 N–H and O–H groups in total. The fourth-order valence-electron chi connectivity index (χ4n) is 2.20. The monoisotopic (exact) mass is 235 g/mol. The molecule has 17 heavy (non-hydrogen) atoms. The van der Waals surface area contributed by atoms with Gasteiger partial charge in [0.1, 0.15) is 12.1 Å². The van der Waals surface area contributed by atoms with Crippen molar-refractivity contribution in [2.75, 3.05) is 19.0 Å². The van der Waals surface area contributed by atoms with E-state index >= 15 is 0 Å². The van der Waals surface area contributed by atoms with Gasteiger partial charge >= 0.3 is 0 Å². The molecule has 1 saturated carbocycles. The van der Waals surface area contributed by atoms with E-state index in [0.29, 0.717) is 11.3 Å². The van der Waals surface area contributed by atoms with Gasteiger partial charge in [0, 0.05) is 6.54 Å². The lowest BCUT2D eigenvalue weighted by atomic mass is 9.92. The van der Waals surface area contributed by atoms with E-state index in [9.17, 15) is 0 Å². The van der Waals surface area contributed by atoms with Crippen LogP contribution in [-0.4, -0.2) is 23.6 Å². The van der Waals surface area contributed by atoms with Crippen molar-refractivity contribution in [1.82, 2.24) is 9.97 Å². The largest absolute Gasteiger partial charge is 0.481 e. The molecule has 1 aliphatic carbocycles. The summed E-state index contributed by atoms with van der Waals surface area (Å²) in [7, 11) is 1.63. The number of anilines is 1. The molecular weight excluding hydrogens is 214 g/mol. The summed E-state index contributed by atoms with van der Waals surface area (Å²) in [6, 6.07) is 0. The first-order chi connectivity index (χ1) is 8.09. The normalized spacial score (nSPS) is 17.0. The zero-order valence-corrected chi connectivity index (χ0v) is 11.1. The maximum absolute atomic E-state index is 5.19. The van der Waals surface area contributed by atoms with Crippen molar-refractivity contribution in [3.63, 3.8) is 0 Å². The summed E-state index contributed by atoms with van der Waals surface area (Å²) in [4.78, 5) is 8.35. The summed E-state index contributed by atoms with van der Waals surface area (Å²) in [6.45, 7) is 7.56. The zero-order chi connectivity index (χ0) is 12.5. The second-order valence-corrected chi connectivity index (χ2v) is 5.23. The van der Waals surface area contributed by atoms with E-state index < -0.39 is 0 Å². The van der Waals surface area contributed by atoms with Crippen LogP contribution in [0.15, 0.2) is 6.33 Å². The van der Waals surface area contributed by atoms with Gasteiger partial charge in [-0.05, 0) is 31.1 Å². The van der Waals surface area contributed by atoms with Crippen LogP contribution in [0.25, 0.3) is 0 Å². The van der Waals surface area contributed by atoms with Gasteiger partial charge in [-0.2, -0.15) is 0 Å². The lowest BCUT2D eigenvalue weighted by molar-refractivity contribution is 0.378. The topological polar surface area (TPSA) is 47.0 Å². The van der Waals surface area contributed by atoms with Crippen LogP contribution in [0.5, 0.6) is 5.88 Å². The summed E-state index contributed by atoms with van der Waals surface area (Å²) in [6.07, 6.45) is 4.18. The third-order valence-corrected chi connectivity index (χ3v) is 3.96. The first kappa shape index (κ1) is 12.1. The number of nitrogens with one attached hydrogen (secondary N) is 1. The molecule has 1 fully saturated rings. The Hall–Kier alpha value is -1.32. The van der Waals surface area contributed by atoms with Crippen molar-refractivity contribution >= 4 is 5.82 Å². The first-order valence-corrected chi connectivity index (χ1v) is 6.18. The van der Waals surface area contributed by atoms with E-state index in [0.717, 1.165) is 23.8 Å². The Morgan fingerprint density at radius 3 is 2.65 bits per heavy atom. The standard InChI is InChI=1S/C13H21N3O/c1-9(2)13(5-6-13)7-14-11-10(3)12(17-4)16-8-15-11/h8-9H,5-7H2,1-4H3,(H,14,15,16). The molecule has 0 aliphatic heterocycles. The molecular formula is C13H21N3O. The first-order valence-electron chi connectivity index (χ1n) is 6.18. The van der Waals surface area contributed by atoms with Gasteiger partial charge in [-0.15, -0.1) is 0 Å². The Morgan fingerprint density at radius 1 is 1.41 bits per heavy atom. The third kappa shape index (κ3) is 2.35. The average Bonchev–Trinajstić information content (AvgIpc) is 3.09. The smallest absolute Gasteiger partial charge is 0.221 e. The van der Waals surface area contributed by atoms with Crippen LogP contribution in [-0.2, 0) is 0 Å². The SMILES string of the molecule is COc1ncnc(NCC2(C(C)C)CC2)c1C. The predicted molar refractivity (Wildman–Crippen MR) is 68.3 cm³/mol. The highest BCUT2D eigenvalue weighted by Crippen LogP contribution is 2.51. The van der Waals surface area contributed by atoms with Crippen LogP contribution >= 0.6 is 0 Å². The van der Waals surface area contributed by atoms with Crippen molar-refractivity contribution in [2.24, 2.45) is 11.3 Å². The van der Waals surface area contributed by atoms with Crippen LogP contribution < -0.4 is 10.1 Å². The van der Waals surface area contributed by atoms with Crippen LogP contribution in [0.4, 0.5) is 5.82 Å². The van der Waals surface area contributed by atoms with Crippen molar-refractivity contribution < 1.29 is 4.74 Å². The molecule has 0 aromatic carbocycles. The van der Waals surface area contributed by atoms with E-state index in [1.165, 1.54) is 12.8 Å². The van der Waals surface area contributed by atoms with E-state index in [4.69, 9.17) is 4.74 Å². The zero-order valence-electron chi connectivity index (χ0n) is 11.1. The molecule has 0 bridgehead atoms. The maximum Gasteiger partial charge on any atom is 0.221 e. The van der Waals surface area contributed by atoms with E-state index in [1.807, 2.05) is 6.92 Å². The van der Waals surface area contributed by atoms with Crippen LogP contribution in [0.2, 0.25) is 0 Å². The van der Waals surface area contributed by atoms with Crippen molar-refractivity contribution in [3.05, 3.63) is 11.9 Å². The van der Waals surface area contributed by atoms with E-state index in [1.54, 1.807) is 13.4 Å². The van der Waals surface area contributed by atoms with Crippen LogP contribution in [0.3, 0.4) is 0 Å². The Kier molecular flexibility index (Phi) is 3.22. The molecule has 4 nitrogen and oxygen atoms in total. The van der Waals surface area contributed by atoms with E-state index in [2.05, 4.69) is 29.1 Å². The minimum Gasteiger partial charge on any atom is -0.481 e. The molecule has 0 radical (unpaired) electrons. The summed E-state index contributed by atoms with van der Waals surface area (Å²) >= 11 is 0. The molecule has 0 atom stereocenters. The highest BCUT2D eigenvalue weighted by atomic mass is 16.5. The molecule has 0 saturated heterocycles. The highest BCUT2D eigenvalue weighted by molar-refractivity contribution is 5.47. The number of hydrogen-bond acceptors (Lipinski definition) is 4. The number of rotatable bonds is 5. The Balaban J connectivity index is 2.05. The van der Waals surface area contributed by atoms with Crippen LogP contribution in [0, 0.1) is 18.3 Å². The lowest BCUT2D eigenvalue weighted by Crippen LogP contribution is -2.21. The van der Waals surface area contributed by atoms with Crippen LogP contribution in [0.1, 0.15) is 32.3 Å². The minimum atomic E-state index is 0.477. The maximum atomic E-state index is 5.19. The molecule has 1 aromatic heterocycles. The van der Waals surface area contributed by atoms with Crippen molar-refractivity contribution in [1.29, 1.82) is 0 Å². The molecule has 0 spiro atoms. The third-order valence-electron chi connectivity index (χ3n) is 3.96. The summed E-state index contributed by atoms with van der Waals surface area (Å²) in [5.41, 5.74) is 1.46.